The maximum absolute atomic E-state index is 12.4. The van der Waals surface area contributed by atoms with E-state index >= 15 is 0 Å². The van der Waals surface area contributed by atoms with E-state index in [2.05, 4.69) is 5.10 Å². The molecule has 2 rings (SSSR count). The van der Waals surface area contributed by atoms with Crippen LogP contribution in [0.5, 0.6) is 0 Å². The summed E-state index contributed by atoms with van der Waals surface area (Å²) in [4.78, 5) is 14.0. The molecule has 118 valence electrons. The van der Waals surface area contributed by atoms with Crippen molar-refractivity contribution in [1.82, 2.24) is 14.7 Å². The Morgan fingerprint density at radius 2 is 2.05 bits per heavy atom. The lowest BCUT2D eigenvalue weighted by Crippen LogP contribution is -2.47. The fourth-order valence-corrected chi connectivity index (χ4v) is 2.80. The highest BCUT2D eigenvalue weighted by Gasteiger charge is 2.32. The number of hydrogen-bond acceptors (Lipinski definition) is 4. The molecule has 1 aliphatic heterocycles. The molecule has 1 aromatic rings. The SMILES string of the molecule is Cc1nn(C)c(C)c1CC(=O)N(C)CC1(O)CCOCC1. The quantitative estimate of drug-likeness (QED) is 0.882. The molecule has 0 bridgehead atoms. The lowest BCUT2D eigenvalue weighted by molar-refractivity contribution is -0.136. The largest absolute Gasteiger partial charge is 0.388 e. The highest BCUT2D eigenvalue weighted by molar-refractivity contribution is 5.79. The molecule has 1 amide bonds. The lowest BCUT2D eigenvalue weighted by Gasteiger charge is -2.35. The smallest absolute Gasteiger partial charge is 0.226 e. The van der Waals surface area contributed by atoms with Crippen molar-refractivity contribution >= 4 is 5.91 Å². The van der Waals surface area contributed by atoms with Gasteiger partial charge in [0.2, 0.25) is 5.91 Å². The van der Waals surface area contributed by atoms with Gasteiger partial charge in [0.15, 0.2) is 0 Å². The number of aryl methyl sites for hydroxylation is 2. The van der Waals surface area contributed by atoms with E-state index in [-0.39, 0.29) is 5.91 Å². The van der Waals surface area contributed by atoms with Crippen molar-refractivity contribution in [1.29, 1.82) is 0 Å². The fraction of sp³-hybridized carbons (Fsp3) is 0.733. The number of ether oxygens (including phenoxy) is 1. The van der Waals surface area contributed by atoms with Crippen LogP contribution in [0.4, 0.5) is 0 Å². The van der Waals surface area contributed by atoms with E-state index in [0.29, 0.717) is 39.0 Å². The zero-order chi connectivity index (χ0) is 15.6. The molecule has 0 aromatic carbocycles. The van der Waals surface area contributed by atoms with Gasteiger partial charge in [-0.3, -0.25) is 9.48 Å². The molecule has 21 heavy (non-hydrogen) atoms. The van der Waals surface area contributed by atoms with Gasteiger partial charge < -0.3 is 14.7 Å². The van der Waals surface area contributed by atoms with Crippen molar-refractivity contribution < 1.29 is 14.6 Å². The molecule has 1 N–H and O–H groups in total. The van der Waals surface area contributed by atoms with Crippen LogP contribution < -0.4 is 0 Å². The van der Waals surface area contributed by atoms with Gasteiger partial charge in [0, 0.05) is 58.0 Å². The summed E-state index contributed by atoms with van der Waals surface area (Å²) in [5.74, 6) is 0.00844. The van der Waals surface area contributed by atoms with Gasteiger partial charge in [0.1, 0.15) is 0 Å². The van der Waals surface area contributed by atoms with Crippen molar-refractivity contribution in [2.75, 3.05) is 26.8 Å². The van der Waals surface area contributed by atoms with Gasteiger partial charge in [-0.1, -0.05) is 0 Å². The summed E-state index contributed by atoms with van der Waals surface area (Å²) in [7, 11) is 3.63. The van der Waals surface area contributed by atoms with E-state index in [1.165, 1.54) is 0 Å². The molecule has 0 atom stereocenters. The summed E-state index contributed by atoms with van der Waals surface area (Å²) >= 11 is 0. The molecule has 0 unspecified atom stereocenters. The highest BCUT2D eigenvalue weighted by atomic mass is 16.5. The van der Waals surface area contributed by atoms with Crippen molar-refractivity contribution in [3.8, 4) is 0 Å². The Balaban J connectivity index is 1.99. The number of aromatic nitrogens is 2. The predicted octanol–water partition coefficient (Wildman–Crippen LogP) is 0.579. The topological polar surface area (TPSA) is 67.6 Å². The molecule has 6 nitrogen and oxygen atoms in total. The van der Waals surface area contributed by atoms with Crippen LogP contribution in [0.2, 0.25) is 0 Å². The number of hydrogen-bond donors (Lipinski definition) is 1. The first-order chi connectivity index (χ1) is 9.82. The third kappa shape index (κ3) is 3.63. The van der Waals surface area contributed by atoms with E-state index < -0.39 is 5.60 Å². The molecular weight excluding hydrogens is 270 g/mol. The van der Waals surface area contributed by atoms with Crippen molar-refractivity contribution in [3.63, 3.8) is 0 Å². The Morgan fingerprint density at radius 3 is 2.57 bits per heavy atom. The zero-order valence-corrected chi connectivity index (χ0v) is 13.3. The second kappa shape index (κ2) is 6.15. The Bertz CT molecular complexity index is 518. The van der Waals surface area contributed by atoms with Gasteiger partial charge in [-0.15, -0.1) is 0 Å². The van der Waals surface area contributed by atoms with Gasteiger partial charge in [0.25, 0.3) is 0 Å². The maximum Gasteiger partial charge on any atom is 0.226 e. The van der Waals surface area contributed by atoms with E-state index in [4.69, 9.17) is 4.74 Å². The molecule has 1 fully saturated rings. The molecule has 1 aliphatic rings. The summed E-state index contributed by atoms with van der Waals surface area (Å²) in [6, 6.07) is 0. The van der Waals surface area contributed by atoms with Crippen LogP contribution in [-0.2, 0) is 23.0 Å². The number of rotatable bonds is 4. The summed E-state index contributed by atoms with van der Waals surface area (Å²) in [6.07, 6.45) is 1.49. The van der Waals surface area contributed by atoms with Crippen LogP contribution in [0.3, 0.4) is 0 Å². The Kier molecular flexibility index (Phi) is 4.68. The number of carbonyl (C=O) groups is 1. The monoisotopic (exact) mass is 295 g/mol. The fourth-order valence-electron chi connectivity index (χ4n) is 2.80. The second-order valence-electron chi connectivity index (χ2n) is 6.04. The molecule has 0 saturated carbocycles. The molecule has 1 aromatic heterocycles. The van der Waals surface area contributed by atoms with Crippen LogP contribution in [0.25, 0.3) is 0 Å². The molecular formula is C15H25N3O3. The van der Waals surface area contributed by atoms with E-state index in [1.54, 1.807) is 16.6 Å². The molecule has 0 spiro atoms. The molecule has 2 heterocycles. The van der Waals surface area contributed by atoms with Gasteiger partial charge in [-0.25, -0.2) is 0 Å². The molecule has 0 aliphatic carbocycles. The Hall–Kier alpha value is -1.40. The van der Waals surface area contributed by atoms with Crippen LogP contribution in [0.1, 0.15) is 29.8 Å². The Labute approximate surface area is 125 Å². The first kappa shape index (κ1) is 16.0. The first-order valence-electron chi connectivity index (χ1n) is 7.35. The van der Waals surface area contributed by atoms with Crippen LogP contribution in [0.15, 0.2) is 0 Å². The number of likely N-dealkylation sites (N-methyl/N-ethyl adjacent to an activating group) is 1. The third-order valence-electron chi connectivity index (χ3n) is 4.37. The molecule has 0 radical (unpaired) electrons. The van der Waals surface area contributed by atoms with Gasteiger partial charge in [-0.05, 0) is 13.8 Å². The Morgan fingerprint density at radius 1 is 1.43 bits per heavy atom. The first-order valence-corrected chi connectivity index (χ1v) is 7.35. The summed E-state index contributed by atoms with van der Waals surface area (Å²) in [5.41, 5.74) is 2.07. The van der Waals surface area contributed by atoms with Gasteiger partial charge in [-0.2, -0.15) is 5.10 Å². The minimum absolute atomic E-state index is 0.00844. The van der Waals surface area contributed by atoms with E-state index in [1.807, 2.05) is 20.9 Å². The maximum atomic E-state index is 12.4. The van der Waals surface area contributed by atoms with Crippen LogP contribution in [-0.4, -0.2) is 58.1 Å². The standard InChI is InChI=1S/C15H25N3O3/c1-11-13(12(2)18(4)16-11)9-14(19)17(3)10-15(20)5-7-21-8-6-15/h20H,5-10H2,1-4H3. The number of aliphatic hydroxyl groups is 1. The average molecular weight is 295 g/mol. The normalized spacial score (nSPS) is 17.8. The zero-order valence-electron chi connectivity index (χ0n) is 13.3. The van der Waals surface area contributed by atoms with Crippen molar-refractivity contribution in [3.05, 3.63) is 17.0 Å². The lowest BCUT2D eigenvalue weighted by atomic mass is 9.93. The summed E-state index contributed by atoms with van der Waals surface area (Å²) in [5, 5.41) is 14.8. The molecule has 1 saturated heterocycles. The number of amides is 1. The van der Waals surface area contributed by atoms with E-state index in [0.717, 1.165) is 17.0 Å². The average Bonchev–Trinajstić information content (AvgIpc) is 2.65. The predicted molar refractivity (Wildman–Crippen MR) is 79.0 cm³/mol. The summed E-state index contributed by atoms with van der Waals surface area (Å²) < 4.78 is 7.06. The highest BCUT2D eigenvalue weighted by Crippen LogP contribution is 2.22. The second-order valence-corrected chi connectivity index (χ2v) is 6.04. The van der Waals surface area contributed by atoms with Crippen molar-refractivity contribution in [2.45, 2.75) is 38.7 Å². The van der Waals surface area contributed by atoms with E-state index in [9.17, 15) is 9.90 Å². The minimum Gasteiger partial charge on any atom is -0.388 e. The van der Waals surface area contributed by atoms with Crippen LogP contribution >= 0.6 is 0 Å². The summed E-state index contributed by atoms with van der Waals surface area (Å²) in [6.45, 7) is 5.35. The molecule has 6 heteroatoms. The minimum atomic E-state index is -0.818. The van der Waals surface area contributed by atoms with Crippen LogP contribution in [0, 0.1) is 13.8 Å². The number of carbonyl (C=O) groups excluding carboxylic acids is 1. The van der Waals surface area contributed by atoms with Crippen molar-refractivity contribution in [2.24, 2.45) is 7.05 Å². The number of nitrogens with zero attached hydrogens (tertiary/aromatic N) is 3. The van der Waals surface area contributed by atoms with Gasteiger partial charge in [0.05, 0.1) is 17.7 Å². The third-order valence-corrected chi connectivity index (χ3v) is 4.37. The van der Waals surface area contributed by atoms with Gasteiger partial charge >= 0.3 is 0 Å².